The Morgan fingerprint density at radius 3 is 2.38 bits per heavy atom. The van der Waals surface area contributed by atoms with Crippen LogP contribution in [-0.4, -0.2) is 11.4 Å². The quantitative estimate of drug-likeness (QED) is 0.580. The van der Waals surface area contributed by atoms with Crippen LogP contribution in [0.3, 0.4) is 0 Å². The molecule has 4 nitrogen and oxygen atoms in total. The molecule has 0 spiro atoms. The maximum Gasteiger partial charge on any atom is 0.184 e. The first kappa shape index (κ1) is 15.3. The fourth-order valence-electron chi connectivity index (χ4n) is 2.48. The molecule has 0 unspecified atom stereocenters. The monoisotopic (exact) mass is 356 g/mol. The third-order valence-electron chi connectivity index (χ3n) is 3.62. The van der Waals surface area contributed by atoms with Gasteiger partial charge in [0.1, 0.15) is 22.8 Å². The molecule has 1 aliphatic heterocycles. The van der Waals surface area contributed by atoms with E-state index in [1.54, 1.807) is 30.5 Å². The van der Waals surface area contributed by atoms with Gasteiger partial charge in [-0.2, -0.15) is 0 Å². The van der Waals surface area contributed by atoms with Crippen LogP contribution in [0.25, 0.3) is 0 Å². The molecule has 120 valence electrons. The first-order chi connectivity index (χ1) is 11.8. The van der Waals surface area contributed by atoms with Gasteiger partial charge >= 0.3 is 0 Å². The van der Waals surface area contributed by atoms with E-state index in [9.17, 15) is 0 Å². The van der Waals surface area contributed by atoms with Gasteiger partial charge in [0.2, 0.25) is 0 Å². The predicted molar refractivity (Wildman–Crippen MR) is 97.0 cm³/mol. The van der Waals surface area contributed by atoms with E-state index in [1.165, 1.54) is 0 Å². The summed E-state index contributed by atoms with van der Waals surface area (Å²) >= 11 is 7.47. The van der Waals surface area contributed by atoms with Crippen LogP contribution in [0.4, 0.5) is 0 Å². The van der Waals surface area contributed by atoms with Crippen molar-refractivity contribution in [1.29, 1.82) is 0 Å². The number of thioether (sulfide) groups is 1. The van der Waals surface area contributed by atoms with Gasteiger partial charge in [-0.15, -0.1) is 0 Å². The normalized spacial score (nSPS) is 20.6. The highest BCUT2D eigenvalue weighted by Gasteiger charge is 2.36. The lowest BCUT2D eigenvalue weighted by molar-refractivity contribution is 0.432. The summed E-state index contributed by atoms with van der Waals surface area (Å²) in [5.74, 6) is 1.67. The van der Waals surface area contributed by atoms with Gasteiger partial charge < -0.3 is 8.83 Å². The number of amidine groups is 1. The standard InChI is InChI=1S/C18H13ClN2O2S/c19-13-7-5-12(6-8-13)11-20-18-21-16(14-3-1-9-22-14)17(24-18)15-4-2-10-23-15/h1-11,16-17H/t16-,17+/m1/s1. The molecule has 4 rings (SSSR count). The van der Waals surface area contributed by atoms with Gasteiger partial charge in [-0.25, -0.2) is 9.98 Å². The fraction of sp³-hybridized carbons (Fsp3) is 0.111. The van der Waals surface area contributed by atoms with Crippen LogP contribution in [0.5, 0.6) is 0 Å². The molecule has 0 saturated carbocycles. The molecule has 0 radical (unpaired) electrons. The summed E-state index contributed by atoms with van der Waals surface area (Å²) < 4.78 is 11.1. The molecule has 0 aliphatic carbocycles. The van der Waals surface area contributed by atoms with Crippen molar-refractivity contribution in [2.75, 3.05) is 0 Å². The van der Waals surface area contributed by atoms with Crippen molar-refractivity contribution in [3.8, 4) is 0 Å². The van der Waals surface area contributed by atoms with Crippen molar-refractivity contribution in [2.24, 2.45) is 9.98 Å². The summed E-state index contributed by atoms with van der Waals surface area (Å²) in [4.78, 5) is 9.21. The Bertz CT molecular complexity index is 855. The molecule has 0 bridgehead atoms. The second-order valence-electron chi connectivity index (χ2n) is 5.24. The summed E-state index contributed by atoms with van der Waals surface area (Å²) in [6.45, 7) is 0. The second kappa shape index (κ2) is 6.71. The zero-order valence-electron chi connectivity index (χ0n) is 12.5. The highest BCUT2D eigenvalue weighted by molar-refractivity contribution is 8.14. The zero-order valence-corrected chi connectivity index (χ0v) is 14.1. The van der Waals surface area contributed by atoms with Crippen LogP contribution in [0.15, 0.2) is 79.9 Å². The Morgan fingerprint density at radius 1 is 1.00 bits per heavy atom. The molecule has 0 fully saturated rings. The van der Waals surface area contributed by atoms with Crippen molar-refractivity contribution in [3.05, 3.63) is 83.2 Å². The van der Waals surface area contributed by atoms with Gasteiger partial charge in [0, 0.05) is 11.2 Å². The van der Waals surface area contributed by atoms with E-state index < -0.39 is 0 Å². The van der Waals surface area contributed by atoms with Crippen molar-refractivity contribution in [2.45, 2.75) is 11.3 Å². The van der Waals surface area contributed by atoms with Gasteiger partial charge in [-0.1, -0.05) is 35.5 Å². The van der Waals surface area contributed by atoms with Gasteiger partial charge in [-0.05, 0) is 42.0 Å². The van der Waals surface area contributed by atoms with Gasteiger partial charge in [-0.3, -0.25) is 0 Å². The minimum absolute atomic E-state index is 0.0171. The van der Waals surface area contributed by atoms with E-state index in [-0.39, 0.29) is 11.3 Å². The average Bonchev–Trinajstić information content (AvgIpc) is 3.33. The van der Waals surface area contributed by atoms with Crippen LogP contribution in [0.2, 0.25) is 5.02 Å². The summed E-state index contributed by atoms with van der Waals surface area (Å²) in [5, 5.41) is 1.42. The third kappa shape index (κ3) is 3.18. The number of hydrogen-bond acceptors (Lipinski definition) is 5. The largest absolute Gasteiger partial charge is 0.468 e. The summed E-state index contributed by atoms with van der Waals surface area (Å²) in [6, 6.07) is 15.0. The Labute approximate surface area is 148 Å². The van der Waals surface area contributed by atoms with E-state index in [2.05, 4.69) is 4.99 Å². The van der Waals surface area contributed by atoms with Crippen LogP contribution in [0.1, 0.15) is 28.4 Å². The molecule has 0 N–H and O–H groups in total. The number of halogens is 1. The molecule has 3 heterocycles. The van der Waals surface area contributed by atoms with E-state index in [0.717, 1.165) is 17.1 Å². The summed E-state index contributed by atoms with van der Waals surface area (Å²) in [6.07, 6.45) is 5.11. The molecule has 2 atom stereocenters. The Hall–Kier alpha value is -2.24. The van der Waals surface area contributed by atoms with Gasteiger partial charge in [0.25, 0.3) is 0 Å². The van der Waals surface area contributed by atoms with Crippen LogP contribution >= 0.6 is 23.4 Å². The maximum atomic E-state index is 5.90. The minimum atomic E-state index is -0.145. The average molecular weight is 357 g/mol. The van der Waals surface area contributed by atoms with Crippen LogP contribution in [-0.2, 0) is 0 Å². The van der Waals surface area contributed by atoms with E-state index in [1.807, 2.05) is 48.5 Å². The highest BCUT2D eigenvalue weighted by Crippen LogP contribution is 2.48. The molecule has 1 aliphatic rings. The number of furan rings is 2. The summed E-state index contributed by atoms with van der Waals surface area (Å²) in [5.41, 5.74) is 0.971. The molecule has 2 aromatic heterocycles. The predicted octanol–water partition coefficient (Wildman–Crippen LogP) is 5.53. The number of benzene rings is 1. The van der Waals surface area contributed by atoms with E-state index in [4.69, 9.17) is 25.4 Å². The van der Waals surface area contributed by atoms with Crippen LogP contribution < -0.4 is 0 Å². The number of aliphatic imine (C=N–C) groups is 2. The number of rotatable bonds is 3. The fourth-order valence-corrected chi connectivity index (χ4v) is 3.69. The third-order valence-corrected chi connectivity index (χ3v) is 5.04. The van der Waals surface area contributed by atoms with E-state index in [0.29, 0.717) is 10.2 Å². The molecule has 0 saturated heterocycles. The molecule has 1 aromatic carbocycles. The van der Waals surface area contributed by atoms with Crippen molar-refractivity contribution in [3.63, 3.8) is 0 Å². The van der Waals surface area contributed by atoms with E-state index >= 15 is 0 Å². The van der Waals surface area contributed by atoms with Gasteiger partial charge in [0.15, 0.2) is 5.17 Å². The topological polar surface area (TPSA) is 51.0 Å². The lowest BCUT2D eigenvalue weighted by Crippen LogP contribution is -1.99. The molecular weight excluding hydrogens is 344 g/mol. The summed E-state index contributed by atoms with van der Waals surface area (Å²) in [7, 11) is 0. The van der Waals surface area contributed by atoms with Crippen LogP contribution in [0, 0.1) is 0 Å². The Morgan fingerprint density at radius 2 is 1.71 bits per heavy atom. The Balaban J connectivity index is 1.59. The molecule has 3 aromatic rings. The lowest BCUT2D eigenvalue weighted by Gasteiger charge is -2.11. The first-order valence-electron chi connectivity index (χ1n) is 7.40. The van der Waals surface area contributed by atoms with Crippen molar-refractivity contribution < 1.29 is 8.83 Å². The Kier molecular flexibility index (Phi) is 4.28. The highest BCUT2D eigenvalue weighted by atomic mass is 35.5. The zero-order chi connectivity index (χ0) is 16.4. The van der Waals surface area contributed by atoms with Gasteiger partial charge in [0.05, 0.1) is 12.5 Å². The number of hydrogen-bond donors (Lipinski definition) is 0. The molecular formula is C18H13ClN2O2S. The lowest BCUT2D eigenvalue weighted by atomic mass is 10.1. The smallest absolute Gasteiger partial charge is 0.184 e. The van der Waals surface area contributed by atoms with Crippen molar-refractivity contribution in [1.82, 2.24) is 0 Å². The SMILES string of the molecule is Clc1ccc(C=NC2=N[C@H](c3ccco3)[C@H](c3ccco3)S2)cc1. The second-order valence-corrected chi connectivity index (χ2v) is 6.78. The molecule has 6 heteroatoms. The molecule has 0 amide bonds. The maximum absolute atomic E-state index is 5.90. The van der Waals surface area contributed by atoms with Crippen molar-refractivity contribution >= 4 is 34.7 Å². The minimum Gasteiger partial charge on any atom is -0.468 e. The number of nitrogens with zero attached hydrogens (tertiary/aromatic N) is 2. The first-order valence-corrected chi connectivity index (χ1v) is 8.66. The molecule has 24 heavy (non-hydrogen) atoms.